The minimum atomic E-state index is 0.525. The van der Waals surface area contributed by atoms with Crippen molar-refractivity contribution in [3.8, 4) is 11.4 Å². The molecule has 0 atom stereocenters. The predicted octanol–water partition coefficient (Wildman–Crippen LogP) is 3.82. The van der Waals surface area contributed by atoms with Gasteiger partial charge in [-0.3, -0.25) is 0 Å². The van der Waals surface area contributed by atoms with Crippen molar-refractivity contribution in [3.63, 3.8) is 0 Å². The molecular formula is C18H17N5O2S. The second-order valence-electron chi connectivity index (χ2n) is 5.67. The summed E-state index contributed by atoms with van der Waals surface area (Å²) >= 11 is 1.49. The maximum absolute atomic E-state index is 5.37. The molecule has 26 heavy (non-hydrogen) atoms. The molecule has 0 aliphatic rings. The van der Waals surface area contributed by atoms with E-state index in [1.807, 2.05) is 28.8 Å². The molecule has 4 aromatic rings. The van der Waals surface area contributed by atoms with Gasteiger partial charge in [0.1, 0.15) is 12.1 Å². The van der Waals surface area contributed by atoms with Crippen LogP contribution >= 0.6 is 11.8 Å². The number of nitrogens with zero attached hydrogens (tertiary/aromatic N) is 5. The van der Waals surface area contributed by atoms with Gasteiger partial charge in [-0.05, 0) is 24.1 Å². The standard InChI is InChI=1S/C18H17N5O2S/c1-2-13-5-7-14(8-6-13)17-20-16(25-22-17)11-26-18-21-19-12-23(18)10-15-4-3-9-24-15/h3-9,12H,2,10-11H2,1H3. The highest BCUT2D eigenvalue weighted by Gasteiger charge is 2.12. The Balaban J connectivity index is 1.41. The number of hydrogen-bond acceptors (Lipinski definition) is 7. The highest BCUT2D eigenvalue weighted by Crippen LogP contribution is 2.23. The van der Waals surface area contributed by atoms with Crippen molar-refractivity contribution in [2.75, 3.05) is 0 Å². The van der Waals surface area contributed by atoms with Gasteiger partial charge in [-0.25, -0.2) is 0 Å². The Labute approximate surface area is 154 Å². The van der Waals surface area contributed by atoms with Gasteiger partial charge in [0.15, 0.2) is 5.16 Å². The van der Waals surface area contributed by atoms with Crippen molar-refractivity contribution < 1.29 is 8.94 Å². The lowest BCUT2D eigenvalue weighted by atomic mass is 10.1. The molecule has 3 aromatic heterocycles. The average Bonchev–Trinajstić information content (AvgIpc) is 3.43. The molecule has 0 aliphatic heterocycles. The van der Waals surface area contributed by atoms with E-state index < -0.39 is 0 Å². The van der Waals surface area contributed by atoms with Crippen LogP contribution in [-0.4, -0.2) is 24.9 Å². The van der Waals surface area contributed by atoms with Gasteiger partial charge in [-0.2, -0.15) is 4.98 Å². The van der Waals surface area contributed by atoms with Crippen LogP contribution in [0.3, 0.4) is 0 Å². The zero-order chi connectivity index (χ0) is 17.8. The number of rotatable bonds is 7. The Bertz CT molecular complexity index is 960. The second-order valence-corrected chi connectivity index (χ2v) is 6.61. The summed E-state index contributed by atoms with van der Waals surface area (Å²) in [5, 5.41) is 12.9. The number of aryl methyl sites for hydroxylation is 1. The van der Waals surface area contributed by atoms with Crippen LogP contribution < -0.4 is 0 Å². The smallest absolute Gasteiger partial charge is 0.237 e. The molecule has 0 unspecified atom stereocenters. The summed E-state index contributed by atoms with van der Waals surface area (Å²) in [5.74, 6) is 2.52. The van der Waals surface area contributed by atoms with E-state index in [2.05, 4.69) is 39.4 Å². The van der Waals surface area contributed by atoms with Crippen molar-refractivity contribution in [3.05, 3.63) is 66.2 Å². The summed E-state index contributed by atoms with van der Waals surface area (Å²) in [5.41, 5.74) is 2.23. The number of benzene rings is 1. The van der Waals surface area contributed by atoms with Gasteiger partial charge in [-0.1, -0.05) is 48.1 Å². The quantitative estimate of drug-likeness (QED) is 0.459. The van der Waals surface area contributed by atoms with Crippen LogP contribution in [0.4, 0.5) is 0 Å². The van der Waals surface area contributed by atoms with Crippen molar-refractivity contribution in [1.29, 1.82) is 0 Å². The Hall–Kier alpha value is -2.87. The molecular weight excluding hydrogens is 350 g/mol. The Morgan fingerprint density at radius 2 is 2.04 bits per heavy atom. The van der Waals surface area contributed by atoms with Crippen LogP contribution in [0.5, 0.6) is 0 Å². The molecule has 0 saturated heterocycles. The minimum absolute atomic E-state index is 0.525. The van der Waals surface area contributed by atoms with E-state index in [1.54, 1.807) is 12.6 Å². The molecule has 8 heteroatoms. The summed E-state index contributed by atoms with van der Waals surface area (Å²) in [6.45, 7) is 2.71. The van der Waals surface area contributed by atoms with Gasteiger partial charge in [0.2, 0.25) is 11.7 Å². The topological polar surface area (TPSA) is 82.8 Å². The zero-order valence-corrected chi connectivity index (χ0v) is 15.0. The van der Waals surface area contributed by atoms with Crippen LogP contribution in [0, 0.1) is 0 Å². The Morgan fingerprint density at radius 3 is 2.81 bits per heavy atom. The fourth-order valence-electron chi connectivity index (χ4n) is 2.48. The van der Waals surface area contributed by atoms with Gasteiger partial charge in [0.05, 0.1) is 18.6 Å². The third kappa shape index (κ3) is 3.70. The van der Waals surface area contributed by atoms with Gasteiger partial charge < -0.3 is 13.5 Å². The number of furan rings is 1. The molecule has 7 nitrogen and oxygen atoms in total. The lowest BCUT2D eigenvalue weighted by molar-refractivity contribution is 0.391. The fraction of sp³-hybridized carbons (Fsp3) is 0.222. The van der Waals surface area contributed by atoms with E-state index in [0.717, 1.165) is 22.9 Å². The molecule has 0 bridgehead atoms. The normalized spacial score (nSPS) is 11.1. The monoisotopic (exact) mass is 367 g/mol. The molecule has 0 aliphatic carbocycles. The summed E-state index contributed by atoms with van der Waals surface area (Å²) in [7, 11) is 0. The first-order valence-electron chi connectivity index (χ1n) is 8.26. The molecule has 0 saturated carbocycles. The van der Waals surface area contributed by atoms with Crippen LogP contribution in [-0.2, 0) is 18.7 Å². The molecule has 0 fully saturated rings. The molecule has 1 aromatic carbocycles. The van der Waals surface area contributed by atoms with Crippen LogP contribution in [0.15, 0.2) is 63.1 Å². The van der Waals surface area contributed by atoms with E-state index in [9.17, 15) is 0 Å². The maximum atomic E-state index is 5.37. The lowest BCUT2D eigenvalue weighted by Gasteiger charge is -2.02. The van der Waals surface area contributed by atoms with Crippen molar-refractivity contribution in [2.24, 2.45) is 0 Å². The lowest BCUT2D eigenvalue weighted by Crippen LogP contribution is -1.99. The summed E-state index contributed by atoms with van der Waals surface area (Å²) in [6.07, 6.45) is 4.34. The van der Waals surface area contributed by atoms with E-state index in [0.29, 0.717) is 24.0 Å². The van der Waals surface area contributed by atoms with E-state index in [-0.39, 0.29) is 0 Å². The van der Waals surface area contributed by atoms with Crippen LogP contribution in [0.2, 0.25) is 0 Å². The van der Waals surface area contributed by atoms with E-state index in [1.165, 1.54) is 17.3 Å². The van der Waals surface area contributed by atoms with Gasteiger partial charge >= 0.3 is 0 Å². The molecule has 0 N–H and O–H groups in total. The highest BCUT2D eigenvalue weighted by atomic mass is 32.2. The van der Waals surface area contributed by atoms with Gasteiger partial charge in [0, 0.05) is 5.56 Å². The first-order chi connectivity index (χ1) is 12.8. The van der Waals surface area contributed by atoms with E-state index in [4.69, 9.17) is 8.94 Å². The maximum Gasteiger partial charge on any atom is 0.237 e. The molecule has 0 radical (unpaired) electrons. The highest BCUT2D eigenvalue weighted by molar-refractivity contribution is 7.98. The fourth-order valence-corrected chi connectivity index (χ4v) is 3.23. The zero-order valence-electron chi connectivity index (χ0n) is 14.2. The average molecular weight is 367 g/mol. The predicted molar refractivity (Wildman–Crippen MR) is 96.5 cm³/mol. The second kappa shape index (κ2) is 7.57. The molecule has 0 amide bonds. The summed E-state index contributed by atoms with van der Waals surface area (Å²) in [4.78, 5) is 4.47. The number of thioether (sulfide) groups is 1. The molecule has 4 rings (SSSR count). The van der Waals surface area contributed by atoms with Crippen molar-refractivity contribution in [2.45, 2.75) is 30.8 Å². The van der Waals surface area contributed by atoms with Crippen LogP contribution in [0.1, 0.15) is 24.1 Å². The van der Waals surface area contributed by atoms with Crippen LogP contribution in [0.25, 0.3) is 11.4 Å². The number of aromatic nitrogens is 5. The Morgan fingerprint density at radius 1 is 1.15 bits per heavy atom. The molecule has 0 spiro atoms. The van der Waals surface area contributed by atoms with Crippen molar-refractivity contribution in [1.82, 2.24) is 24.9 Å². The largest absolute Gasteiger partial charge is 0.467 e. The molecule has 3 heterocycles. The third-order valence-electron chi connectivity index (χ3n) is 3.90. The van der Waals surface area contributed by atoms with Gasteiger partial charge in [0.25, 0.3) is 0 Å². The first-order valence-corrected chi connectivity index (χ1v) is 9.25. The SMILES string of the molecule is CCc1ccc(-c2noc(CSc3nncn3Cc3ccco3)n2)cc1. The van der Waals surface area contributed by atoms with Gasteiger partial charge in [-0.15, -0.1) is 10.2 Å². The molecule has 132 valence electrons. The summed E-state index contributed by atoms with van der Waals surface area (Å²) in [6, 6.07) is 12.0. The first kappa shape index (κ1) is 16.6. The van der Waals surface area contributed by atoms with E-state index >= 15 is 0 Å². The third-order valence-corrected chi connectivity index (χ3v) is 4.87. The number of hydrogen-bond donors (Lipinski definition) is 0. The van der Waals surface area contributed by atoms with Crippen molar-refractivity contribution >= 4 is 11.8 Å². The summed E-state index contributed by atoms with van der Waals surface area (Å²) < 4.78 is 12.6. The minimum Gasteiger partial charge on any atom is -0.467 e. The Kier molecular flexibility index (Phi) is 4.83.